The van der Waals surface area contributed by atoms with Gasteiger partial charge in [-0.15, -0.1) is 0 Å². The molecule has 2 aliphatic rings. The molecule has 0 radical (unpaired) electrons. The van der Waals surface area contributed by atoms with E-state index in [1.807, 2.05) is 40.1 Å². The first-order chi connectivity index (χ1) is 13.1. The fourth-order valence-electron chi connectivity index (χ4n) is 3.34. The van der Waals surface area contributed by atoms with Crippen LogP contribution in [0.15, 0.2) is 40.3 Å². The van der Waals surface area contributed by atoms with Crippen LogP contribution < -0.4 is 11.5 Å². The fourth-order valence-corrected chi connectivity index (χ4v) is 3.34. The molecule has 2 heterocycles. The summed E-state index contributed by atoms with van der Waals surface area (Å²) in [7, 11) is 0. The standard InChI is InChI=1S/C20H28N6O/c21-19(24-20(22)26-14-4-5-15-26)23-17-9-6-16(7-10-17)8-11-18(27)25-12-2-1-3-13-25/h6-11H,1-5,12-15H2,(H4,21,22,23,24)/b11-8+. The number of rotatable bonds is 3. The Hall–Kier alpha value is -2.83. The zero-order valence-electron chi connectivity index (χ0n) is 15.7. The Balaban J connectivity index is 1.58. The lowest BCUT2D eigenvalue weighted by Gasteiger charge is -2.25. The number of hydrogen-bond donors (Lipinski definition) is 2. The SMILES string of the molecule is NC(=Nc1ccc(/C=C/C(=O)N2CCCCC2)cc1)N=C(N)N1CCCC1. The molecule has 3 rings (SSSR count). The lowest BCUT2D eigenvalue weighted by Crippen LogP contribution is -2.36. The molecule has 27 heavy (non-hydrogen) atoms. The van der Waals surface area contributed by atoms with Gasteiger partial charge in [-0.05, 0) is 55.9 Å². The van der Waals surface area contributed by atoms with Crippen molar-refractivity contribution in [1.29, 1.82) is 0 Å². The number of carbonyl (C=O) groups is 1. The Morgan fingerprint density at radius 1 is 0.889 bits per heavy atom. The van der Waals surface area contributed by atoms with Gasteiger partial charge in [-0.1, -0.05) is 12.1 Å². The highest BCUT2D eigenvalue weighted by atomic mass is 16.2. The fraction of sp³-hybridized carbons (Fsp3) is 0.450. The second-order valence-electron chi connectivity index (χ2n) is 6.94. The number of nitrogens with two attached hydrogens (primary N) is 2. The smallest absolute Gasteiger partial charge is 0.246 e. The molecule has 1 amide bonds. The molecule has 7 heteroatoms. The zero-order valence-corrected chi connectivity index (χ0v) is 15.7. The van der Waals surface area contributed by atoms with Crippen LogP contribution in [0.3, 0.4) is 0 Å². The van der Waals surface area contributed by atoms with E-state index >= 15 is 0 Å². The van der Waals surface area contributed by atoms with E-state index in [4.69, 9.17) is 11.5 Å². The van der Waals surface area contributed by atoms with Crippen molar-refractivity contribution in [1.82, 2.24) is 9.80 Å². The largest absolute Gasteiger partial charge is 0.369 e. The van der Waals surface area contributed by atoms with E-state index in [1.54, 1.807) is 6.08 Å². The van der Waals surface area contributed by atoms with Crippen molar-refractivity contribution in [3.63, 3.8) is 0 Å². The van der Waals surface area contributed by atoms with Gasteiger partial charge >= 0.3 is 0 Å². The van der Waals surface area contributed by atoms with E-state index in [9.17, 15) is 4.79 Å². The lowest BCUT2D eigenvalue weighted by atomic mass is 10.1. The molecule has 4 N–H and O–H groups in total. The molecule has 1 aromatic rings. The normalized spacial score (nSPS) is 19.1. The Kier molecular flexibility index (Phi) is 6.46. The first kappa shape index (κ1) is 18.9. The maximum atomic E-state index is 12.2. The van der Waals surface area contributed by atoms with Gasteiger partial charge in [-0.2, -0.15) is 4.99 Å². The zero-order chi connectivity index (χ0) is 19.1. The third-order valence-corrected chi connectivity index (χ3v) is 4.88. The minimum atomic E-state index is 0.0766. The summed E-state index contributed by atoms with van der Waals surface area (Å²) in [6.45, 7) is 3.55. The summed E-state index contributed by atoms with van der Waals surface area (Å²) in [5.74, 6) is 0.639. The average Bonchev–Trinajstić information content (AvgIpc) is 3.23. The second kappa shape index (κ2) is 9.21. The Bertz CT molecular complexity index is 725. The van der Waals surface area contributed by atoms with E-state index in [2.05, 4.69) is 9.98 Å². The van der Waals surface area contributed by atoms with Crippen molar-refractivity contribution in [3.8, 4) is 0 Å². The number of carbonyl (C=O) groups excluding carboxylic acids is 1. The summed E-state index contributed by atoms with van der Waals surface area (Å²) in [6.07, 6.45) is 9.13. The molecule has 144 valence electrons. The van der Waals surface area contributed by atoms with Gasteiger partial charge < -0.3 is 21.3 Å². The van der Waals surface area contributed by atoms with Crippen molar-refractivity contribution in [2.45, 2.75) is 32.1 Å². The summed E-state index contributed by atoms with van der Waals surface area (Å²) in [6, 6.07) is 7.50. The monoisotopic (exact) mass is 368 g/mol. The van der Waals surface area contributed by atoms with Gasteiger partial charge in [0.15, 0.2) is 5.96 Å². The van der Waals surface area contributed by atoms with Crippen LogP contribution in [0.5, 0.6) is 0 Å². The third-order valence-electron chi connectivity index (χ3n) is 4.88. The molecule has 0 saturated carbocycles. The topological polar surface area (TPSA) is 100 Å². The minimum absolute atomic E-state index is 0.0766. The number of hydrogen-bond acceptors (Lipinski definition) is 2. The van der Waals surface area contributed by atoms with Crippen LogP contribution in [0, 0.1) is 0 Å². The van der Waals surface area contributed by atoms with E-state index in [0.717, 1.165) is 57.4 Å². The molecule has 2 aliphatic heterocycles. The van der Waals surface area contributed by atoms with Gasteiger partial charge in [0.25, 0.3) is 0 Å². The van der Waals surface area contributed by atoms with Crippen LogP contribution in [-0.2, 0) is 4.79 Å². The molecule has 7 nitrogen and oxygen atoms in total. The molecule has 0 spiro atoms. The van der Waals surface area contributed by atoms with E-state index in [0.29, 0.717) is 11.6 Å². The van der Waals surface area contributed by atoms with Gasteiger partial charge in [-0.25, -0.2) is 4.99 Å². The highest BCUT2D eigenvalue weighted by Gasteiger charge is 2.14. The third kappa shape index (κ3) is 5.57. The number of aliphatic imine (C=N–C) groups is 2. The highest BCUT2D eigenvalue weighted by molar-refractivity contribution is 5.94. The number of likely N-dealkylation sites (tertiary alicyclic amines) is 2. The minimum Gasteiger partial charge on any atom is -0.369 e. The van der Waals surface area contributed by atoms with Crippen LogP contribution in [0.1, 0.15) is 37.7 Å². The van der Waals surface area contributed by atoms with E-state index < -0.39 is 0 Å². The van der Waals surface area contributed by atoms with Gasteiger partial charge in [0.05, 0.1) is 5.69 Å². The predicted molar refractivity (Wildman–Crippen MR) is 110 cm³/mol. The van der Waals surface area contributed by atoms with E-state index in [-0.39, 0.29) is 11.9 Å². The number of amides is 1. The van der Waals surface area contributed by atoms with E-state index in [1.165, 1.54) is 6.42 Å². The summed E-state index contributed by atoms with van der Waals surface area (Å²) in [4.78, 5) is 24.5. The molecule has 1 aromatic carbocycles. The number of benzene rings is 1. The molecule has 0 unspecified atom stereocenters. The molecule has 0 bridgehead atoms. The molecular formula is C20H28N6O. The first-order valence-electron chi connectivity index (χ1n) is 9.62. The molecule has 2 saturated heterocycles. The van der Waals surface area contributed by atoms with Crippen molar-refractivity contribution >= 4 is 29.6 Å². The number of nitrogens with zero attached hydrogens (tertiary/aromatic N) is 4. The number of piperidine rings is 1. The maximum absolute atomic E-state index is 12.2. The molecular weight excluding hydrogens is 340 g/mol. The van der Waals surface area contributed by atoms with Crippen molar-refractivity contribution in [2.75, 3.05) is 26.2 Å². The quantitative estimate of drug-likeness (QED) is 0.484. The Labute approximate surface area is 160 Å². The van der Waals surface area contributed by atoms with Crippen LogP contribution in [0.2, 0.25) is 0 Å². The van der Waals surface area contributed by atoms with Crippen molar-refractivity contribution in [2.24, 2.45) is 21.5 Å². The molecule has 0 aliphatic carbocycles. The van der Waals surface area contributed by atoms with Gasteiger partial charge in [0.2, 0.25) is 11.9 Å². The van der Waals surface area contributed by atoms with Gasteiger partial charge in [0, 0.05) is 32.3 Å². The van der Waals surface area contributed by atoms with Gasteiger partial charge in [0.1, 0.15) is 0 Å². The molecule has 0 aromatic heterocycles. The van der Waals surface area contributed by atoms with Crippen LogP contribution in [-0.4, -0.2) is 53.8 Å². The summed E-state index contributed by atoms with van der Waals surface area (Å²) >= 11 is 0. The molecule has 0 atom stereocenters. The predicted octanol–water partition coefficient (Wildman–Crippen LogP) is 2.07. The Morgan fingerprint density at radius 2 is 1.48 bits per heavy atom. The van der Waals surface area contributed by atoms with Crippen LogP contribution in [0.4, 0.5) is 5.69 Å². The number of guanidine groups is 2. The average molecular weight is 368 g/mol. The highest BCUT2D eigenvalue weighted by Crippen LogP contribution is 2.15. The summed E-state index contributed by atoms with van der Waals surface area (Å²) in [5, 5.41) is 0. The lowest BCUT2D eigenvalue weighted by molar-refractivity contribution is -0.126. The Morgan fingerprint density at radius 3 is 2.15 bits per heavy atom. The summed E-state index contributed by atoms with van der Waals surface area (Å²) in [5.41, 5.74) is 13.5. The van der Waals surface area contributed by atoms with Crippen molar-refractivity contribution in [3.05, 3.63) is 35.9 Å². The maximum Gasteiger partial charge on any atom is 0.246 e. The van der Waals surface area contributed by atoms with Gasteiger partial charge in [-0.3, -0.25) is 4.79 Å². The van der Waals surface area contributed by atoms with Crippen LogP contribution >= 0.6 is 0 Å². The van der Waals surface area contributed by atoms with Crippen LogP contribution in [0.25, 0.3) is 6.08 Å². The van der Waals surface area contributed by atoms with Crippen molar-refractivity contribution < 1.29 is 4.79 Å². The molecule has 2 fully saturated rings. The first-order valence-corrected chi connectivity index (χ1v) is 9.62. The second-order valence-corrected chi connectivity index (χ2v) is 6.94. The summed E-state index contributed by atoms with van der Waals surface area (Å²) < 4.78 is 0.